The molecule has 2 heterocycles. The molecule has 1 aliphatic heterocycles. The van der Waals surface area contributed by atoms with E-state index < -0.39 is 6.10 Å². The lowest BCUT2D eigenvalue weighted by atomic mass is 10.2. The highest BCUT2D eigenvalue weighted by Gasteiger charge is 2.13. The van der Waals surface area contributed by atoms with E-state index in [0.29, 0.717) is 5.82 Å². The third kappa shape index (κ3) is 4.05. The van der Waals surface area contributed by atoms with E-state index in [2.05, 4.69) is 15.2 Å². The summed E-state index contributed by atoms with van der Waals surface area (Å²) in [6.07, 6.45) is -0.769. The third-order valence-electron chi connectivity index (χ3n) is 3.02. The van der Waals surface area contributed by atoms with Gasteiger partial charge in [-0.3, -0.25) is 0 Å². The van der Waals surface area contributed by atoms with Crippen molar-refractivity contribution in [2.24, 2.45) is 0 Å². The first-order chi connectivity index (χ1) is 9.19. The van der Waals surface area contributed by atoms with Crippen molar-refractivity contribution in [3.05, 3.63) is 17.7 Å². The second kappa shape index (κ2) is 6.70. The highest BCUT2D eigenvalue weighted by atomic mass is 16.5. The number of pyridine rings is 1. The standard InChI is InChI=1S/C13H21N3O3/c1-10-6-12(14-8-11(18)9-17)15-13(7-10)16-2-4-19-5-3-16/h6-7,11,17-18H,2-5,8-9H2,1H3,(H,14,15)/t11-/m1/s1. The number of rotatable bonds is 5. The molecule has 1 aliphatic rings. The summed E-state index contributed by atoms with van der Waals surface area (Å²) >= 11 is 0. The van der Waals surface area contributed by atoms with Crippen molar-refractivity contribution in [2.45, 2.75) is 13.0 Å². The average molecular weight is 267 g/mol. The lowest BCUT2D eigenvalue weighted by Gasteiger charge is -2.28. The summed E-state index contributed by atoms with van der Waals surface area (Å²) in [6.45, 7) is 5.18. The molecule has 6 heteroatoms. The summed E-state index contributed by atoms with van der Waals surface area (Å²) in [6, 6.07) is 3.97. The molecule has 106 valence electrons. The van der Waals surface area contributed by atoms with Gasteiger partial charge in [-0.25, -0.2) is 4.98 Å². The molecule has 6 nitrogen and oxygen atoms in total. The Kier molecular flexibility index (Phi) is 4.95. The zero-order chi connectivity index (χ0) is 13.7. The first kappa shape index (κ1) is 14.0. The molecule has 3 N–H and O–H groups in total. The highest BCUT2D eigenvalue weighted by Crippen LogP contribution is 2.18. The van der Waals surface area contributed by atoms with Crippen molar-refractivity contribution in [1.82, 2.24) is 4.98 Å². The van der Waals surface area contributed by atoms with Crippen molar-refractivity contribution in [3.8, 4) is 0 Å². The lowest BCUT2D eigenvalue weighted by Crippen LogP contribution is -2.37. The molecule has 1 aromatic rings. The van der Waals surface area contributed by atoms with Gasteiger partial charge in [0, 0.05) is 19.6 Å². The van der Waals surface area contributed by atoms with Gasteiger partial charge in [0.15, 0.2) is 0 Å². The number of aliphatic hydroxyl groups excluding tert-OH is 2. The Morgan fingerprint density at radius 2 is 2.16 bits per heavy atom. The van der Waals surface area contributed by atoms with Gasteiger partial charge in [-0.1, -0.05) is 0 Å². The van der Waals surface area contributed by atoms with Crippen LogP contribution in [0, 0.1) is 6.92 Å². The van der Waals surface area contributed by atoms with E-state index >= 15 is 0 Å². The van der Waals surface area contributed by atoms with E-state index in [9.17, 15) is 5.11 Å². The number of aryl methyl sites for hydroxylation is 1. The largest absolute Gasteiger partial charge is 0.394 e. The van der Waals surface area contributed by atoms with Gasteiger partial charge in [-0.2, -0.15) is 0 Å². The van der Waals surface area contributed by atoms with Crippen LogP contribution in [-0.2, 0) is 4.74 Å². The van der Waals surface area contributed by atoms with Gasteiger partial charge in [0.25, 0.3) is 0 Å². The van der Waals surface area contributed by atoms with Crippen LogP contribution in [0.5, 0.6) is 0 Å². The molecule has 1 saturated heterocycles. The Hall–Kier alpha value is -1.37. The zero-order valence-electron chi connectivity index (χ0n) is 11.2. The van der Waals surface area contributed by atoms with E-state index in [4.69, 9.17) is 9.84 Å². The molecule has 0 radical (unpaired) electrons. The molecule has 1 atom stereocenters. The monoisotopic (exact) mass is 267 g/mol. The van der Waals surface area contributed by atoms with Crippen LogP contribution in [0.25, 0.3) is 0 Å². The maximum atomic E-state index is 9.34. The number of aliphatic hydroxyl groups is 2. The Bertz CT molecular complexity index is 408. The third-order valence-corrected chi connectivity index (χ3v) is 3.02. The number of hydrogen-bond donors (Lipinski definition) is 3. The maximum absolute atomic E-state index is 9.34. The SMILES string of the molecule is Cc1cc(NC[C@@H](O)CO)nc(N2CCOCC2)c1. The van der Waals surface area contributed by atoms with Gasteiger partial charge in [-0.15, -0.1) is 0 Å². The number of morpholine rings is 1. The first-order valence-corrected chi connectivity index (χ1v) is 6.53. The predicted molar refractivity (Wildman–Crippen MR) is 73.6 cm³/mol. The Morgan fingerprint density at radius 3 is 2.84 bits per heavy atom. The molecule has 1 aromatic heterocycles. The molecule has 0 aromatic carbocycles. The van der Waals surface area contributed by atoms with E-state index in [1.54, 1.807) is 0 Å². The summed E-state index contributed by atoms with van der Waals surface area (Å²) in [7, 11) is 0. The van der Waals surface area contributed by atoms with Crippen molar-refractivity contribution in [1.29, 1.82) is 0 Å². The van der Waals surface area contributed by atoms with Crippen molar-refractivity contribution < 1.29 is 14.9 Å². The van der Waals surface area contributed by atoms with E-state index in [-0.39, 0.29) is 13.2 Å². The minimum absolute atomic E-state index is 0.255. The second-order valence-corrected chi connectivity index (χ2v) is 4.70. The summed E-state index contributed by atoms with van der Waals surface area (Å²) in [5.41, 5.74) is 1.11. The van der Waals surface area contributed by atoms with Crippen molar-refractivity contribution in [3.63, 3.8) is 0 Å². The van der Waals surface area contributed by atoms with E-state index in [1.165, 1.54) is 0 Å². The number of ether oxygens (including phenoxy) is 1. The van der Waals surface area contributed by atoms with Crippen LogP contribution in [0.2, 0.25) is 0 Å². The molecule has 0 saturated carbocycles. The molecule has 1 fully saturated rings. The van der Waals surface area contributed by atoms with Crippen molar-refractivity contribution >= 4 is 11.6 Å². The molecule has 0 spiro atoms. The summed E-state index contributed by atoms with van der Waals surface area (Å²) in [4.78, 5) is 6.71. The van der Waals surface area contributed by atoms with E-state index in [1.807, 2.05) is 19.1 Å². The normalized spacial score (nSPS) is 17.3. The van der Waals surface area contributed by atoms with Crippen LogP contribution in [0.3, 0.4) is 0 Å². The van der Waals surface area contributed by atoms with Gasteiger partial charge in [0.05, 0.1) is 25.9 Å². The minimum Gasteiger partial charge on any atom is -0.394 e. The topological polar surface area (TPSA) is 77.8 Å². The molecule has 2 rings (SSSR count). The molecule has 19 heavy (non-hydrogen) atoms. The van der Waals surface area contributed by atoms with Gasteiger partial charge in [0.1, 0.15) is 11.6 Å². The highest BCUT2D eigenvalue weighted by molar-refractivity contribution is 5.50. The fourth-order valence-electron chi connectivity index (χ4n) is 1.98. The molecule has 0 bridgehead atoms. The maximum Gasteiger partial charge on any atom is 0.131 e. The van der Waals surface area contributed by atoms with E-state index in [0.717, 1.165) is 37.7 Å². The van der Waals surface area contributed by atoms with Crippen LogP contribution < -0.4 is 10.2 Å². The number of nitrogens with one attached hydrogen (secondary N) is 1. The van der Waals surface area contributed by atoms with Gasteiger partial charge in [-0.05, 0) is 24.6 Å². The lowest BCUT2D eigenvalue weighted by molar-refractivity contribution is 0.105. The zero-order valence-corrected chi connectivity index (χ0v) is 11.2. The minimum atomic E-state index is -0.769. The Labute approximate surface area is 113 Å². The second-order valence-electron chi connectivity index (χ2n) is 4.70. The Morgan fingerprint density at radius 1 is 1.42 bits per heavy atom. The molecule has 0 amide bonds. The fourth-order valence-corrected chi connectivity index (χ4v) is 1.98. The smallest absolute Gasteiger partial charge is 0.131 e. The number of aromatic nitrogens is 1. The summed E-state index contributed by atoms with van der Waals surface area (Å²) in [5, 5.41) is 21.2. The van der Waals surface area contributed by atoms with Gasteiger partial charge < -0.3 is 25.2 Å². The molecular weight excluding hydrogens is 246 g/mol. The van der Waals surface area contributed by atoms with Gasteiger partial charge in [0.2, 0.25) is 0 Å². The summed E-state index contributed by atoms with van der Waals surface area (Å²) < 4.78 is 5.33. The van der Waals surface area contributed by atoms with Crippen LogP contribution in [0.1, 0.15) is 5.56 Å². The Balaban J connectivity index is 2.05. The first-order valence-electron chi connectivity index (χ1n) is 6.53. The van der Waals surface area contributed by atoms with Gasteiger partial charge >= 0.3 is 0 Å². The van der Waals surface area contributed by atoms with Crippen LogP contribution >= 0.6 is 0 Å². The molecule has 0 aliphatic carbocycles. The summed E-state index contributed by atoms with van der Waals surface area (Å²) in [5.74, 6) is 1.64. The average Bonchev–Trinajstić information content (AvgIpc) is 2.45. The van der Waals surface area contributed by atoms with Crippen LogP contribution in [0.15, 0.2) is 12.1 Å². The van der Waals surface area contributed by atoms with Crippen molar-refractivity contribution in [2.75, 3.05) is 49.7 Å². The molecular formula is C13H21N3O3. The number of anilines is 2. The van der Waals surface area contributed by atoms with Crippen LogP contribution in [-0.4, -0.2) is 60.8 Å². The quantitative estimate of drug-likeness (QED) is 0.696. The fraction of sp³-hybridized carbons (Fsp3) is 0.615. The predicted octanol–water partition coefficient (Wildman–Crippen LogP) is -0.00828. The number of hydrogen-bond acceptors (Lipinski definition) is 6. The molecule has 0 unspecified atom stereocenters. The van der Waals surface area contributed by atoms with Crippen LogP contribution in [0.4, 0.5) is 11.6 Å². The number of nitrogens with zero attached hydrogens (tertiary/aromatic N) is 2.